The van der Waals surface area contributed by atoms with E-state index in [-0.39, 0.29) is 0 Å². The molecule has 0 saturated carbocycles. The van der Waals surface area contributed by atoms with Gasteiger partial charge < -0.3 is 0 Å². The zero-order valence-corrected chi connectivity index (χ0v) is 9.69. The summed E-state index contributed by atoms with van der Waals surface area (Å²) in [5, 5.41) is 0. The quantitative estimate of drug-likeness (QED) is 0.532. The predicted molar refractivity (Wildman–Crippen MR) is 71.4 cm³/mol. The molecule has 2 aromatic carbocycles. The van der Waals surface area contributed by atoms with Gasteiger partial charge in [0.1, 0.15) is 0 Å². The van der Waals surface area contributed by atoms with Gasteiger partial charge in [-0.1, -0.05) is 66.7 Å². The lowest BCUT2D eigenvalue weighted by Gasteiger charge is -2.00. The van der Waals surface area contributed by atoms with Crippen molar-refractivity contribution in [1.29, 1.82) is 0 Å². The van der Waals surface area contributed by atoms with Crippen molar-refractivity contribution in [1.82, 2.24) is 0 Å². The monoisotopic (exact) mass is 228 g/mol. The van der Waals surface area contributed by atoms with Crippen LogP contribution >= 0.6 is 11.6 Å². The maximum absolute atomic E-state index is 5.88. The highest BCUT2D eigenvalue weighted by atomic mass is 35.5. The predicted octanol–water partition coefficient (Wildman–Crippen LogP) is 4.60. The summed E-state index contributed by atoms with van der Waals surface area (Å²) in [4.78, 5) is 0. The van der Waals surface area contributed by atoms with Crippen LogP contribution in [0.4, 0.5) is 0 Å². The van der Waals surface area contributed by atoms with Gasteiger partial charge in [0.05, 0.1) is 0 Å². The minimum absolute atomic E-state index is 0.551. The molecule has 0 bridgehead atoms. The third-order valence-electron chi connectivity index (χ3n) is 2.45. The van der Waals surface area contributed by atoms with Gasteiger partial charge in [0, 0.05) is 5.88 Å². The van der Waals surface area contributed by atoms with E-state index in [2.05, 4.69) is 36.4 Å². The van der Waals surface area contributed by atoms with Crippen molar-refractivity contribution in [3.8, 4) is 0 Å². The first kappa shape index (κ1) is 11.0. The minimum atomic E-state index is 0.551. The number of alkyl halides is 1. The first-order chi connectivity index (χ1) is 7.90. The van der Waals surface area contributed by atoms with Crippen molar-refractivity contribution >= 4 is 23.8 Å². The molecule has 0 unspecified atom stereocenters. The molecule has 0 aliphatic rings. The highest BCUT2D eigenvalue weighted by Crippen LogP contribution is 2.14. The van der Waals surface area contributed by atoms with E-state index in [1.807, 2.05) is 30.3 Å². The van der Waals surface area contributed by atoms with Crippen LogP contribution in [-0.4, -0.2) is 0 Å². The Balaban J connectivity index is 2.24. The summed E-state index contributed by atoms with van der Waals surface area (Å²) in [7, 11) is 0. The Morgan fingerprint density at radius 1 is 0.812 bits per heavy atom. The third kappa shape index (κ3) is 2.74. The smallest absolute Gasteiger partial charge is 0.0480 e. The van der Waals surface area contributed by atoms with Crippen molar-refractivity contribution in [3.63, 3.8) is 0 Å². The molecule has 80 valence electrons. The van der Waals surface area contributed by atoms with E-state index in [9.17, 15) is 0 Å². The molecule has 2 rings (SSSR count). The van der Waals surface area contributed by atoms with Gasteiger partial charge in [-0.2, -0.15) is 0 Å². The van der Waals surface area contributed by atoms with E-state index in [0.29, 0.717) is 5.88 Å². The molecule has 0 spiro atoms. The van der Waals surface area contributed by atoms with E-state index in [1.54, 1.807) is 0 Å². The SMILES string of the molecule is ClCc1ccccc1C=Cc1ccccc1. The van der Waals surface area contributed by atoms with Crippen LogP contribution in [0.5, 0.6) is 0 Å². The molecule has 0 amide bonds. The summed E-state index contributed by atoms with van der Waals surface area (Å²) in [5.41, 5.74) is 3.55. The number of halogens is 1. The summed E-state index contributed by atoms with van der Waals surface area (Å²) in [6.07, 6.45) is 4.21. The lowest BCUT2D eigenvalue weighted by molar-refractivity contribution is 1.38. The van der Waals surface area contributed by atoms with E-state index < -0.39 is 0 Å². The molecule has 1 heteroatoms. The van der Waals surface area contributed by atoms with Gasteiger partial charge in [0.2, 0.25) is 0 Å². The Morgan fingerprint density at radius 2 is 1.50 bits per heavy atom. The summed E-state index contributed by atoms with van der Waals surface area (Å²) in [5.74, 6) is 0.551. The molecule has 0 radical (unpaired) electrons. The molecule has 0 atom stereocenters. The molecule has 0 fully saturated rings. The largest absolute Gasteiger partial charge is 0.122 e. The fourth-order valence-corrected chi connectivity index (χ4v) is 1.81. The van der Waals surface area contributed by atoms with Crippen LogP contribution in [-0.2, 0) is 5.88 Å². The average Bonchev–Trinajstić information content (AvgIpc) is 2.38. The Kier molecular flexibility index (Phi) is 3.79. The molecule has 16 heavy (non-hydrogen) atoms. The summed E-state index contributed by atoms with van der Waals surface area (Å²) < 4.78 is 0. The van der Waals surface area contributed by atoms with E-state index in [1.165, 1.54) is 11.1 Å². The van der Waals surface area contributed by atoms with Crippen LogP contribution in [0, 0.1) is 0 Å². The fourth-order valence-electron chi connectivity index (χ4n) is 1.57. The zero-order valence-electron chi connectivity index (χ0n) is 8.94. The summed E-state index contributed by atoms with van der Waals surface area (Å²) in [6.45, 7) is 0. The van der Waals surface area contributed by atoms with Crippen LogP contribution in [0.2, 0.25) is 0 Å². The van der Waals surface area contributed by atoms with Crippen LogP contribution in [0.3, 0.4) is 0 Å². The van der Waals surface area contributed by atoms with Gasteiger partial charge in [-0.3, -0.25) is 0 Å². The highest BCUT2D eigenvalue weighted by molar-refractivity contribution is 6.17. The second-order valence-corrected chi connectivity index (χ2v) is 3.84. The zero-order chi connectivity index (χ0) is 11.2. The molecule has 0 aromatic heterocycles. The summed E-state index contributed by atoms with van der Waals surface area (Å²) in [6, 6.07) is 18.4. The topological polar surface area (TPSA) is 0 Å². The molecule has 0 N–H and O–H groups in total. The number of rotatable bonds is 3. The van der Waals surface area contributed by atoms with Gasteiger partial charge >= 0.3 is 0 Å². The molecule has 0 nitrogen and oxygen atoms in total. The lowest BCUT2D eigenvalue weighted by atomic mass is 10.1. The van der Waals surface area contributed by atoms with Crippen LogP contribution in [0.25, 0.3) is 12.2 Å². The Bertz CT molecular complexity index is 472. The molecular formula is C15H13Cl. The minimum Gasteiger partial charge on any atom is -0.122 e. The van der Waals surface area contributed by atoms with Crippen molar-refractivity contribution in [3.05, 3.63) is 71.3 Å². The summed E-state index contributed by atoms with van der Waals surface area (Å²) >= 11 is 5.88. The van der Waals surface area contributed by atoms with Crippen LogP contribution < -0.4 is 0 Å². The van der Waals surface area contributed by atoms with Gasteiger partial charge in [0.15, 0.2) is 0 Å². The average molecular weight is 229 g/mol. The van der Waals surface area contributed by atoms with Gasteiger partial charge in [0.25, 0.3) is 0 Å². The first-order valence-corrected chi connectivity index (χ1v) is 5.80. The maximum Gasteiger partial charge on any atom is 0.0480 e. The second kappa shape index (κ2) is 5.53. The number of benzene rings is 2. The van der Waals surface area contributed by atoms with Crippen LogP contribution in [0.15, 0.2) is 54.6 Å². The molecule has 0 aliphatic heterocycles. The Labute approximate surface area is 101 Å². The van der Waals surface area contributed by atoms with Gasteiger partial charge in [-0.15, -0.1) is 11.6 Å². The van der Waals surface area contributed by atoms with Gasteiger partial charge in [-0.05, 0) is 16.7 Å². The Hall–Kier alpha value is -1.53. The van der Waals surface area contributed by atoms with Crippen LogP contribution in [0.1, 0.15) is 16.7 Å². The van der Waals surface area contributed by atoms with E-state index in [0.717, 1.165) is 5.56 Å². The van der Waals surface area contributed by atoms with Crippen molar-refractivity contribution in [2.45, 2.75) is 5.88 Å². The fraction of sp³-hybridized carbons (Fsp3) is 0.0667. The van der Waals surface area contributed by atoms with Crippen molar-refractivity contribution in [2.24, 2.45) is 0 Å². The molecule has 2 aromatic rings. The van der Waals surface area contributed by atoms with E-state index in [4.69, 9.17) is 11.6 Å². The first-order valence-electron chi connectivity index (χ1n) is 5.27. The molecule has 0 aliphatic carbocycles. The molecular weight excluding hydrogens is 216 g/mol. The maximum atomic E-state index is 5.88. The Morgan fingerprint density at radius 3 is 2.25 bits per heavy atom. The van der Waals surface area contributed by atoms with E-state index >= 15 is 0 Å². The number of hydrogen-bond acceptors (Lipinski definition) is 0. The highest BCUT2D eigenvalue weighted by Gasteiger charge is 1.95. The molecule has 0 saturated heterocycles. The second-order valence-electron chi connectivity index (χ2n) is 3.58. The lowest BCUT2D eigenvalue weighted by Crippen LogP contribution is -1.82. The van der Waals surface area contributed by atoms with Crippen molar-refractivity contribution < 1.29 is 0 Å². The normalized spacial score (nSPS) is 10.8. The third-order valence-corrected chi connectivity index (χ3v) is 2.74. The molecule has 0 heterocycles. The van der Waals surface area contributed by atoms with Gasteiger partial charge in [-0.25, -0.2) is 0 Å². The number of hydrogen-bond donors (Lipinski definition) is 0. The van der Waals surface area contributed by atoms with Crippen molar-refractivity contribution in [2.75, 3.05) is 0 Å². The standard InChI is InChI=1S/C15H13Cl/c16-12-15-9-5-4-8-14(15)11-10-13-6-2-1-3-7-13/h1-11H,12H2.